The number of hydrogen-bond donors (Lipinski definition) is 2. The predicted molar refractivity (Wildman–Crippen MR) is 256 cm³/mol. The number of halogens is 4. The van der Waals surface area contributed by atoms with Crippen LogP contribution in [-0.4, -0.2) is 109 Å². The van der Waals surface area contributed by atoms with Gasteiger partial charge in [0.05, 0.1) is 10.6 Å². The molecule has 4 aromatic carbocycles. The van der Waals surface area contributed by atoms with E-state index in [4.69, 9.17) is 11.6 Å². The predicted octanol–water partition coefficient (Wildman–Crippen LogP) is 9.36. The van der Waals surface area contributed by atoms with Crippen molar-refractivity contribution in [1.29, 1.82) is 0 Å². The number of sulfonamides is 1. The standard InChI is InChI=1S/C47H55BClF3N5O5S3/c1-46(2)20-18-42(34-8-12-37(49)13-9-34)36(31-46)32-56-26-28-57(29-27-56)39-14-10-35(11-15-39)45(58)54-65(61,62)41-16-17-43(44(30-41)64(59,60)47(50,51)52)53-38(19-23-55-24-21-48-22-25-55)33-63-40-6-4-3-5-7-40/h3-17,30,38,53H,18-29,31-33H2,1-2H3,(H,54,58)/t38-/m1/s1. The molecular weight excluding hydrogens is 914 g/mol. The van der Waals surface area contributed by atoms with E-state index < -0.39 is 47.1 Å². The number of nitrogens with zero attached hydrogens (tertiary/aromatic N) is 3. The molecule has 3 aliphatic rings. The number of nitrogens with one attached hydrogen (secondary N) is 2. The topological polar surface area (TPSA) is 119 Å². The first-order chi connectivity index (χ1) is 30.9. The summed E-state index contributed by atoms with van der Waals surface area (Å²) in [6.45, 7) is 11.0. The summed E-state index contributed by atoms with van der Waals surface area (Å²) in [5.74, 6) is -0.623. The quantitative estimate of drug-likeness (QED) is 0.0831. The molecule has 1 amide bonds. The largest absolute Gasteiger partial charge is 0.501 e. The monoisotopic (exact) mass is 968 g/mol. The number of benzene rings is 4. The Kier molecular flexibility index (Phi) is 15.7. The molecule has 0 saturated carbocycles. The van der Waals surface area contributed by atoms with Crippen LogP contribution in [0.5, 0.6) is 0 Å². The third-order valence-corrected chi connectivity index (χ3v) is 16.7. The van der Waals surface area contributed by atoms with E-state index in [2.05, 4.69) is 53.3 Å². The summed E-state index contributed by atoms with van der Waals surface area (Å²) in [6.07, 6.45) is 5.49. The first-order valence-corrected chi connectivity index (χ1v) is 26.3. The SMILES string of the molecule is CC1(C)CCC(c2ccc(Cl)cc2)=C(CN2CCN(c3ccc(C(=O)NS(=O)(=O)c4ccc(N[C@H](CCN5CC[B]CC5)CSc5ccccc5)c(S(=O)(=O)C(F)(F)F)c4)cc3)CC2)C1. The molecule has 10 nitrogen and oxygen atoms in total. The normalized spacial score (nSPS) is 18.2. The molecule has 0 bridgehead atoms. The Balaban J connectivity index is 1.02. The Morgan fingerprint density at radius 2 is 1.54 bits per heavy atom. The van der Waals surface area contributed by atoms with E-state index in [-0.39, 0.29) is 16.7 Å². The van der Waals surface area contributed by atoms with Gasteiger partial charge in [0, 0.05) is 72.2 Å². The Hall–Kier alpha value is -4.00. The molecule has 1 atom stereocenters. The summed E-state index contributed by atoms with van der Waals surface area (Å²) in [4.78, 5) is 19.1. The first kappa shape index (κ1) is 48.9. The van der Waals surface area contributed by atoms with Gasteiger partial charge in [-0.15, -0.1) is 11.8 Å². The van der Waals surface area contributed by atoms with Crippen molar-refractivity contribution in [1.82, 2.24) is 14.5 Å². The highest BCUT2D eigenvalue weighted by Gasteiger charge is 2.48. The molecule has 2 aliphatic heterocycles. The van der Waals surface area contributed by atoms with Crippen LogP contribution in [0.1, 0.15) is 55.5 Å². The van der Waals surface area contributed by atoms with E-state index >= 15 is 0 Å². The third kappa shape index (κ3) is 12.7. The van der Waals surface area contributed by atoms with Gasteiger partial charge in [-0.3, -0.25) is 9.69 Å². The zero-order valence-corrected chi connectivity index (χ0v) is 39.8. The number of piperazine rings is 1. The van der Waals surface area contributed by atoms with Crippen LogP contribution in [0.3, 0.4) is 0 Å². The van der Waals surface area contributed by atoms with Crippen LogP contribution in [0.4, 0.5) is 24.5 Å². The van der Waals surface area contributed by atoms with Crippen molar-refractivity contribution in [2.24, 2.45) is 5.41 Å². The van der Waals surface area contributed by atoms with E-state index in [0.29, 0.717) is 29.8 Å². The number of amides is 1. The van der Waals surface area contributed by atoms with Crippen LogP contribution in [0.25, 0.3) is 5.57 Å². The molecular formula is C47H55BClF3N5O5S3. The lowest BCUT2D eigenvalue weighted by atomic mass is 9.68. The molecule has 4 aromatic rings. The van der Waals surface area contributed by atoms with Gasteiger partial charge < -0.3 is 15.1 Å². The highest BCUT2D eigenvalue weighted by Crippen LogP contribution is 2.43. The second kappa shape index (κ2) is 20.9. The number of carbonyl (C=O) groups excluding carboxylic acids is 1. The second-order valence-electron chi connectivity index (χ2n) is 17.7. The fourth-order valence-corrected chi connectivity index (χ4v) is 11.8. The molecule has 7 rings (SSSR count). The van der Waals surface area contributed by atoms with E-state index in [1.807, 2.05) is 47.2 Å². The number of anilines is 2. The number of carbonyl (C=O) groups is 1. The molecule has 0 unspecified atom stereocenters. The minimum atomic E-state index is -6.04. The van der Waals surface area contributed by atoms with Crippen molar-refractivity contribution in [2.75, 3.05) is 68.3 Å². The summed E-state index contributed by atoms with van der Waals surface area (Å²) in [5.41, 5.74) is -0.967. The molecule has 1 radical (unpaired) electrons. The van der Waals surface area contributed by atoms with E-state index in [1.165, 1.54) is 40.6 Å². The van der Waals surface area contributed by atoms with Gasteiger partial charge in [0.2, 0.25) is 0 Å². The smallest absolute Gasteiger partial charge is 0.380 e. The minimum absolute atomic E-state index is 0.00400. The Morgan fingerprint density at radius 1 is 0.862 bits per heavy atom. The van der Waals surface area contributed by atoms with Crippen molar-refractivity contribution >= 4 is 73.4 Å². The van der Waals surface area contributed by atoms with Crippen molar-refractivity contribution < 1.29 is 34.8 Å². The molecule has 0 spiro atoms. The van der Waals surface area contributed by atoms with Gasteiger partial charge in [0.1, 0.15) is 12.2 Å². The van der Waals surface area contributed by atoms with Crippen LogP contribution < -0.4 is 14.9 Å². The number of alkyl halides is 3. The summed E-state index contributed by atoms with van der Waals surface area (Å²) < 4.78 is 97.8. The fourth-order valence-electron chi connectivity index (χ4n) is 8.69. The van der Waals surface area contributed by atoms with E-state index in [1.54, 1.807) is 12.1 Å². The summed E-state index contributed by atoms with van der Waals surface area (Å²) in [6, 6.07) is 25.9. The third-order valence-electron chi connectivity index (χ3n) is 12.4. The van der Waals surface area contributed by atoms with Crippen molar-refractivity contribution in [2.45, 2.75) is 78.4 Å². The number of allylic oxidation sites excluding steroid dienone is 1. The van der Waals surface area contributed by atoms with Gasteiger partial charge in [0.15, 0.2) is 0 Å². The summed E-state index contributed by atoms with van der Waals surface area (Å²) in [5, 5.41) is 3.73. The molecule has 1 aliphatic carbocycles. The number of sulfone groups is 1. The van der Waals surface area contributed by atoms with Gasteiger partial charge in [-0.05, 0) is 122 Å². The van der Waals surface area contributed by atoms with Gasteiger partial charge in [0.25, 0.3) is 25.8 Å². The average molecular weight is 969 g/mol. The molecule has 2 heterocycles. The molecule has 18 heteroatoms. The number of hydrogen-bond acceptors (Lipinski definition) is 10. The molecule has 347 valence electrons. The van der Waals surface area contributed by atoms with Crippen molar-refractivity contribution in [3.8, 4) is 0 Å². The van der Waals surface area contributed by atoms with Crippen LogP contribution >= 0.6 is 23.4 Å². The fraction of sp³-hybridized carbons (Fsp3) is 0.426. The van der Waals surface area contributed by atoms with Crippen LogP contribution in [0, 0.1) is 5.41 Å². The maximum absolute atomic E-state index is 14.2. The number of rotatable bonds is 16. The van der Waals surface area contributed by atoms with Crippen molar-refractivity contribution in [3.05, 3.63) is 119 Å². The lowest BCUT2D eigenvalue weighted by Gasteiger charge is -2.39. The Labute approximate surface area is 391 Å². The zero-order valence-electron chi connectivity index (χ0n) is 36.6. The zero-order chi connectivity index (χ0) is 46.4. The van der Waals surface area contributed by atoms with E-state index in [9.17, 15) is 34.8 Å². The highest BCUT2D eigenvalue weighted by atomic mass is 35.5. The highest BCUT2D eigenvalue weighted by molar-refractivity contribution is 7.99. The maximum Gasteiger partial charge on any atom is 0.501 e. The van der Waals surface area contributed by atoms with Gasteiger partial charge in [-0.2, -0.15) is 13.2 Å². The Bertz CT molecular complexity index is 2540. The van der Waals surface area contributed by atoms with Crippen molar-refractivity contribution in [3.63, 3.8) is 0 Å². The summed E-state index contributed by atoms with van der Waals surface area (Å²) >= 11 is 7.66. The maximum atomic E-state index is 14.2. The molecule has 2 N–H and O–H groups in total. The lowest BCUT2D eigenvalue weighted by Crippen LogP contribution is -2.47. The van der Waals surface area contributed by atoms with E-state index in [0.717, 1.165) is 100 Å². The lowest BCUT2D eigenvalue weighted by molar-refractivity contribution is -0.0435. The Morgan fingerprint density at radius 3 is 2.20 bits per heavy atom. The second-order valence-corrected chi connectivity index (χ2v) is 22.9. The molecule has 65 heavy (non-hydrogen) atoms. The van der Waals surface area contributed by atoms with Gasteiger partial charge in [-0.25, -0.2) is 21.6 Å². The van der Waals surface area contributed by atoms with Gasteiger partial charge >= 0.3 is 5.51 Å². The van der Waals surface area contributed by atoms with Crippen LogP contribution in [0.15, 0.2) is 117 Å². The molecule has 2 fully saturated rings. The molecule has 0 aromatic heterocycles. The van der Waals surface area contributed by atoms with Gasteiger partial charge in [-0.1, -0.05) is 74.0 Å². The number of thioether (sulfide) groups is 1. The summed E-state index contributed by atoms with van der Waals surface area (Å²) in [7, 11) is -8.66. The van der Waals surface area contributed by atoms with Crippen LogP contribution in [-0.2, 0) is 19.9 Å². The molecule has 2 saturated heterocycles. The minimum Gasteiger partial charge on any atom is -0.380 e. The average Bonchev–Trinajstić information content (AvgIpc) is 3.28. The first-order valence-electron chi connectivity index (χ1n) is 21.9. The van der Waals surface area contributed by atoms with Crippen LogP contribution in [0.2, 0.25) is 17.7 Å².